The predicted molar refractivity (Wildman–Crippen MR) is 136 cm³/mol. The molecule has 0 fully saturated rings. The van der Waals surface area contributed by atoms with Crippen LogP contribution in [-0.4, -0.2) is 35.1 Å². The number of nitrogens with one attached hydrogen (secondary N) is 1. The smallest absolute Gasteiger partial charge is 0.242 e. The van der Waals surface area contributed by atoms with Crippen LogP contribution in [-0.2, 0) is 21.9 Å². The number of benzene rings is 2. The zero-order valence-electron chi connectivity index (χ0n) is 19.2. The fourth-order valence-corrected chi connectivity index (χ4v) is 4.59. The van der Waals surface area contributed by atoms with Gasteiger partial charge in [-0.1, -0.05) is 74.3 Å². The van der Waals surface area contributed by atoms with Crippen molar-refractivity contribution < 1.29 is 9.59 Å². The van der Waals surface area contributed by atoms with E-state index >= 15 is 0 Å². The summed E-state index contributed by atoms with van der Waals surface area (Å²) in [6.45, 7) is 8.96. The molecule has 0 aliphatic carbocycles. The third-order valence-corrected chi connectivity index (χ3v) is 6.86. The van der Waals surface area contributed by atoms with Gasteiger partial charge in [0.2, 0.25) is 11.8 Å². The normalized spacial score (nSPS) is 12.0. The van der Waals surface area contributed by atoms with Gasteiger partial charge in [-0.05, 0) is 48.1 Å². The summed E-state index contributed by atoms with van der Waals surface area (Å²) in [6, 6.07) is 12.9. The number of carbonyl (C=O) groups is 2. The molecule has 7 heteroatoms. The van der Waals surface area contributed by atoms with Crippen LogP contribution in [0.25, 0.3) is 0 Å². The van der Waals surface area contributed by atoms with Crippen LogP contribution in [0.4, 0.5) is 0 Å². The van der Waals surface area contributed by atoms with Gasteiger partial charge >= 0.3 is 0 Å². The Balaban J connectivity index is 2.16. The van der Waals surface area contributed by atoms with Crippen molar-refractivity contribution in [3.63, 3.8) is 0 Å². The highest BCUT2D eigenvalue weighted by Crippen LogP contribution is 2.25. The van der Waals surface area contributed by atoms with Gasteiger partial charge in [-0.25, -0.2) is 0 Å². The second-order valence-electron chi connectivity index (χ2n) is 8.25. The summed E-state index contributed by atoms with van der Waals surface area (Å²) in [4.78, 5) is 27.9. The van der Waals surface area contributed by atoms with Gasteiger partial charge in [0.1, 0.15) is 6.04 Å². The fraction of sp³-hybridized carbons (Fsp3) is 0.440. The Kier molecular flexibility index (Phi) is 10.9. The Hall–Kier alpha value is -1.69. The summed E-state index contributed by atoms with van der Waals surface area (Å²) in [5.41, 5.74) is 3.26. The molecule has 1 N–H and O–H groups in total. The van der Waals surface area contributed by atoms with Gasteiger partial charge in [0.05, 0.1) is 15.8 Å². The molecule has 0 unspecified atom stereocenters. The first-order chi connectivity index (χ1) is 15.2. The number of thioether (sulfide) groups is 1. The molecular weight excluding hydrogens is 463 g/mol. The SMILES string of the molecule is CC[C@@H](C(=O)NCC(C)C)N(Cc1ccc(Cl)c(Cl)c1)C(=O)CSCc1ccccc1C. The lowest BCUT2D eigenvalue weighted by Gasteiger charge is -2.31. The number of hydrogen-bond acceptors (Lipinski definition) is 3. The predicted octanol–water partition coefficient (Wildman–Crippen LogP) is 6.11. The standard InChI is InChI=1S/C25H32Cl2N2O2S/c1-5-23(25(31)28-13-17(2)3)29(14-19-10-11-21(26)22(27)12-19)24(30)16-32-15-20-9-7-6-8-18(20)4/h6-12,17,23H,5,13-16H2,1-4H3,(H,28,31)/t23-/m0/s1. The van der Waals surface area contributed by atoms with Gasteiger partial charge in [-0.2, -0.15) is 0 Å². The van der Waals surface area contributed by atoms with E-state index in [0.29, 0.717) is 41.2 Å². The molecule has 0 saturated carbocycles. The molecule has 0 spiro atoms. The maximum atomic E-state index is 13.3. The molecule has 174 valence electrons. The number of carbonyl (C=O) groups excluding carboxylic acids is 2. The molecule has 0 aliphatic rings. The van der Waals surface area contributed by atoms with Gasteiger partial charge in [-0.15, -0.1) is 11.8 Å². The van der Waals surface area contributed by atoms with E-state index in [1.807, 2.05) is 39.0 Å². The first-order valence-electron chi connectivity index (χ1n) is 10.9. The van der Waals surface area contributed by atoms with Gasteiger partial charge in [0, 0.05) is 18.8 Å². The minimum atomic E-state index is -0.547. The quantitative estimate of drug-likeness (QED) is 0.409. The Bertz CT molecular complexity index is 921. The Morgan fingerprint density at radius 1 is 1.09 bits per heavy atom. The molecule has 1 atom stereocenters. The van der Waals surface area contributed by atoms with E-state index in [-0.39, 0.29) is 11.8 Å². The van der Waals surface area contributed by atoms with E-state index in [9.17, 15) is 9.59 Å². The first-order valence-corrected chi connectivity index (χ1v) is 12.8. The maximum absolute atomic E-state index is 13.3. The lowest BCUT2D eigenvalue weighted by atomic mass is 10.1. The van der Waals surface area contributed by atoms with Crippen LogP contribution in [0.2, 0.25) is 10.0 Å². The van der Waals surface area contributed by atoms with Crippen molar-refractivity contribution in [2.45, 2.75) is 52.5 Å². The number of rotatable bonds is 11. The third kappa shape index (κ3) is 8.02. The van der Waals surface area contributed by atoms with Gasteiger partial charge in [0.25, 0.3) is 0 Å². The molecule has 2 rings (SSSR count). The highest BCUT2D eigenvalue weighted by Gasteiger charge is 2.28. The maximum Gasteiger partial charge on any atom is 0.242 e. The minimum Gasteiger partial charge on any atom is -0.354 e. The Labute approximate surface area is 206 Å². The van der Waals surface area contributed by atoms with Gasteiger partial charge in [-0.3, -0.25) is 9.59 Å². The van der Waals surface area contributed by atoms with Gasteiger partial charge in [0.15, 0.2) is 0 Å². The monoisotopic (exact) mass is 494 g/mol. The summed E-state index contributed by atoms with van der Waals surface area (Å²) in [5.74, 6) is 1.18. The van der Waals surface area contributed by atoms with E-state index in [1.165, 1.54) is 11.1 Å². The van der Waals surface area contributed by atoms with Crippen LogP contribution in [0.5, 0.6) is 0 Å². The molecule has 2 aromatic rings. The average Bonchev–Trinajstić information content (AvgIpc) is 2.75. The van der Waals surface area contributed by atoms with Crippen molar-refractivity contribution >= 4 is 46.8 Å². The van der Waals surface area contributed by atoms with E-state index in [0.717, 1.165) is 11.3 Å². The summed E-state index contributed by atoms with van der Waals surface area (Å²) in [6.07, 6.45) is 0.527. The molecule has 0 radical (unpaired) electrons. The van der Waals surface area contributed by atoms with E-state index in [1.54, 1.807) is 28.8 Å². The Morgan fingerprint density at radius 2 is 1.81 bits per heavy atom. The number of amides is 2. The van der Waals surface area contributed by atoms with E-state index in [2.05, 4.69) is 24.4 Å². The summed E-state index contributed by atoms with van der Waals surface area (Å²) in [5, 5.41) is 3.87. The van der Waals surface area contributed by atoms with E-state index < -0.39 is 6.04 Å². The molecule has 0 saturated heterocycles. The molecule has 0 aromatic heterocycles. The highest BCUT2D eigenvalue weighted by atomic mass is 35.5. The first kappa shape index (κ1) is 26.6. The van der Waals surface area contributed by atoms with Crippen LogP contribution < -0.4 is 5.32 Å². The number of hydrogen-bond donors (Lipinski definition) is 1. The minimum absolute atomic E-state index is 0.0683. The second kappa shape index (κ2) is 13.1. The largest absolute Gasteiger partial charge is 0.354 e. The molecule has 2 amide bonds. The lowest BCUT2D eigenvalue weighted by molar-refractivity contribution is -0.139. The van der Waals surface area contributed by atoms with Crippen LogP contribution >= 0.6 is 35.0 Å². The topological polar surface area (TPSA) is 49.4 Å². The Morgan fingerprint density at radius 3 is 2.44 bits per heavy atom. The van der Waals surface area contributed by atoms with Crippen molar-refractivity contribution in [3.05, 3.63) is 69.2 Å². The molecule has 0 bridgehead atoms. The molecule has 32 heavy (non-hydrogen) atoms. The van der Waals surface area contributed by atoms with Crippen LogP contribution in [0.15, 0.2) is 42.5 Å². The lowest BCUT2D eigenvalue weighted by Crippen LogP contribution is -2.50. The second-order valence-corrected chi connectivity index (χ2v) is 10.1. The molecule has 0 heterocycles. The van der Waals surface area contributed by atoms with E-state index in [4.69, 9.17) is 23.2 Å². The van der Waals surface area contributed by atoms with Crippen molar-refractivity contribution in [1.82, 2.24) is 10.2 Å². The third-order valence-electron chi connectivity index (χ3n) is 5.15. The number of halogens is 2. The molecule has 2 aromatic carbocycles. The summed E-state index contributed by atoms with van der Waals surface area (Å²) in [7, 11) is 0. The van der Waals surface area contributed by atoms with Crippen molar-refractivity contribution in [2.24, 2.45) is 5.92 Å². The van der Waals surface area contributed by atoms with Crippen LogP contribution in [0.1, 0.15) is 43.9 Å². The van der Waals surface area contributed by atoms with Crippen molar-refractivity contribution in [1.29, 1.82) is 0 Å². The fourth-order valence-electron chi connectivity index (χ4n) is 3.28. The molecule has 4 nitrogen and oxygen atoms in total. The number of nitrogens with zero attached hydrogens (tertiary/aromatic N) is 1. The summed E-state index contributed by atoms with van der Waals surface area (Å²) < 4.78 is 0. The zero-order chi connectivity index (χ0) is 23.7. The summed E-state index contributed by atoms with van der Waals surface area (Å²) >= 11 is 13.8. The zero-order valence-corrected chi connectivity index (χ0v) is 21.5. The van der Waals surface area contributed by atoms with Crippen LogP contribution in [0, 0.1) is 12.8 Å². The van der Waals surface area contributed by atoms with Crippen LogP contribution in [0.3, 0.4) is 0 Å². The highest BCUT2D eigenvalue weighted by molar-refractivity contribution is 7.99. The molecule has 0 aliphatic heterocycles. The van der Waals surface area contributed by atoms with Gasteiger partial charge < -0.3 is 10.2 Å². The van der Waals surface area contributed by atoms with Crippen molar-refractivity contribution in [2.75, 3.05) is 12.3 Å². The average molecular weight is 496 g/mol. The molecular formula is C25H32Cl2N2O2S. The number of aryl methyl sites for hydroxylation is 1. The van der Waals surface area contributed by atoms with Crippen molar-refractivity contribution in [3.8, 4) is 0 Å².